The summed E-state index contributed by atoms with van der Waals surface area (Å²) in [7, 11) is 0. The van der Waals surface area contributed by atoms with Gasteiger partial charge in [0.25, 0.3) is 0 Å². The first-order valence-corrected chi connectivity index (χ1v) is 4.91. The lowest BCUT2D eigenvalue weighted by atomic mass is 10.1. The van der Waals surface area contributed by atoms with Crippen molar-refractivity contribution in [2.75, 3.05) is 17.6 Å². The van der Waals surface area contributed by atoms with Crippen molar-refractivity contribution in [1.29, 1.82) is 0 Å². The first kappa shape index (κ1) is 7.86. The summed E-state index contributed by atoms with van der Waals surface area (Å²) in [4.78, 5) is 0. The van der Waals surface area contributed by atoms with E-state index in [9.17, 15) is 0 Å². The minimum Gasteiger partial charge on any atom is -0.383 e. The van der Waals surface area contributed by atoms with E-state index in [2.05, 4.69) is 16.6 Å². The number of nitrogen functional groups attached to an aromatic ring is 1. The molecule has 4 heteroatoms. The van der Waals surface area contributed by atoms with Crippen LogP contribution >= 0.6 is 11.5 Å². The summed E-state index contributed by atoms with van der Waals surface area (Å²) in [6, 6.07) is 1.89. The van der Waals surface area contributed by atoms with E-state index in [-0.39, 0.29) is 0 Å². The first-order chi connectivity index (χ1) is 5.68. The van der Waals surface area contributed by atoms with Gasteiger partial charge >= 0.3 is 0 Å². The molecule has 1 aromatic heterocycles. The Bertz CT molecular complexity index is 278. The molecule has 12 heavy (non-hydrogen) atoms. The van der Waals surface area contributed by atoms with E-state index in [1.807, 2.05) is 6.07 Å². The maximum atomic E-state index is 5.49. The average molecular weight is 183 g/mol. The van der Waals surface area contributed by atoms with E-state index in [1.54, 1.807) is 0 Å². The molecule has 0 radical (unpaired) electrons. The third kappa shape index (κ3) is 1.69. The molecule has 0 atom stereocenters. The maximum Gasteiger partial charge on any atom is 0.139 e. The van der Waals surface area contributed by atoms with Gasteiger partial charge in [-0.25, -0.2) is 0 Å². The van der Waals surface area contributed by atoms with Gasteiger partial charge in [0.05, 0.1) is 0 Å². The predicted molar refractivity (Wildman–Crippen MR) is 52.4 cm³/mol. The molecule has 66 valence electrons. The lowest BCUT2D eigenvalue weighted by molar-refractivity contribution is 0.611. The second-order valence-electron chi connectivity index (χ2n) is 3.78. The van der Waals surface area contributed by atoms with Crippen LogP contribution in [-0.2, 0) is 0 Å². The largest absolute Gasteiger partial charge is 0.383 e. The molecular weight excluding hydrogens is 170 g/mol. The fourth-order valence-corrected chi connectivity index (χ4v) is 1.63. The third-order valence-corrected chi connectivity index (χ3v) is 3.08. The van der Waals surface area contributed by atoms with E-state index in [1.165, 1.54) is 24.4 Å². The van der Waals surface area contributed by atoms with Gasteiger partial charge in [-0.05, 0) is 29.8 Å². The number of rotatable bonds is 3. The Morgan fingerprint density at radius 1 is 1.75 bits per heavy atom. The molecule has 0 aliphatic heterocycles. The summed E-state index contributed by atoms with van der Waals surface area (Å²) in [5.74, 6) is 0.614. The summed E-state index contributed by atoms with van der Waals surface area (Å²) in [6.45, 7) is 3.35. The lowest BCUT2D eigenvalue weighted by Gasteiger charge is -2.07. The van der Waals surface area contributed by atoms with Crippen LogP contribution in [0.5, 0.6) is 0 Å². The molecule has 1 aliphatic carbocycles. The molecule has 1 saturated carbocycles. The molecule has 0 aromatic carbocycles. The Morgan fingerprint density at radius 2 is 2.50 bits per heavy atom. The summed E-state index contributed by atoms with van der Waals surface area (Å²) in [5.41, 5.74) is 6.03. The van der Waals surface area contributed by atoms with Crippen molar-refractivity contribution >= 4 is 22.4 Å². The Labute approximate surface area is 76.1 Å². The van der Waals surface area contributed by atoms with Gasteiger partial charge < -0.3 is 11.1 Å². The Morgan fingerprint density at radius 3 is 3.00 bits per heavy atom. The SMILES string of the molecule is CC1(CNc2cc(N)ns2)CC1. The highest BCUT2D eigenvalue weighted by atomic mass is 32.1. The summed E-state index contributed by atoms with van der Waals surface area (Å²) in [6.07, 6.45) is 2.68. The minimum absolute atomic E-state index is 0.540. The molecule has 0 bridgehead atoms. The fourth-order valence-electron chi connectivity index (χ4n) is 1.06. The van der Waals surface area contributed by atoms with Gasteiger partial charge in [-0.1, -0.05) is 6.92 Å². The predicted octanol–water partition coefficient (Wildman–Crippen LogP) is 1.94. The van der Waals surface area contributed by atoms with Crippen LogP contribution in [0.4, 0.5) is 10.8 Å². The number of nitrogens with one attached hydrogen (secondary N) is 1. The van der Waals surface area contributed by atoms with Crippen molar-refractivity contribution in [3.05, 3.63) is 6.07 Å². The highest BCUT2D eigenvalue weighted by Gasteiger charge is 2.36. The van der Waals surface area contributed by atoms with Crippen LogP contribution in [0.25, 0.3) is 0 Å². The summed E-state index contributed by atoms with van der Waals surface area (Å²) >= 11 is 1.43. The van der Waals surface area contributed by atoms with Crippen molar-refractivity contribution in [2.24, 2.45) is 5.41 Å². The average Bonchev–Trinajstić information content (AvgIpc) is 2.60. The van der Waals surface area contributed by atoms with E-state index in [0.717, 1.165) is 11.5 Å². The molecular formula is C8H13N3S. The number of hydrogen-bond acceptors (Lipinski definition) is 4. The van der Waals surface area contributed by atoms with Crippen molar-refractivity contribution in [1.82, 2.24) is 4.37 Å². The highest BCUT2D eigenvalue weighted by molar-refractivity contribution is 7.10. The second-order valence-corrected chi connectivity index (χ2v) is 4.59. The van der Waals surface area contributed by atoms with E-state index in [0.29, 0.717) is 11.2 Å². The summed E-state index contributed by atoms with van der Waals surface area (Å²) in [5, 5.41) is 4.43. The third-order valence-electron chi connectivity index (χ3n) is 2.32. The van der Waals surface area contributed by atoms with Crippen LogP contribution in [0.2, 0.25) is 0 Å². The molecule has 0 saturated heterocycles. The number of anilines is 2. The van der Waals surface area contributed by atoms with Crippen LogP contribution < -0.4 is 11.1 Å². The zero-order chi connectivity index (χ0) is 8.60. The molecule has 0 amide bonds. The van der Waals surface area contributed by atoms with Crippen LogP contribution in [0.3, 0.4) is 0 Å². The Hall–Kier alpha value is -0.770. The van der Waals surface area contributed by atoms with Crippen molar-refractivity contribution in [3.63, 3.8) is 0 Å². The topological polar surface area (TPSA) is 50.9 Å². The molecule has 1 aliphatic rings. The second kappa shape index (κ2) is 2.62. The van der Waals surface area contributed by atoms with Gasteiger partial charge in [-0.2, -0.15) is 4.37 Å². The van der Waals surface area contributed by atoms with Crippen LogP contribution in [0, 0.1) is 5.41 Å². The number of nitrogens with two attached hydrogens (primary N) is 1. The highest BCUT2D eigenvalue weighted by Crippen LogP contribution is 2.44. The quantitative estimate of drug-likeness (QED) is 0.753. The standard InChI is InChI=1S/C8H13N3S/c1-8(2-3-8)5-10-7-4-6(9)11-12-7/h4,10H,2-3,5H2,1H3,(H2,9,11). The number of nitrogens with zero attached hydrogens (tertiary/aromatic N) is 1. The molecule has 0 unspecified atom stereocenters. The number of aromatic nitrogens is 1. The van der Waals surface area contributed by atoms with Gasteiger partial charge in [0, 0.05) is 12.6 Å². The maximum absolute atomic E-state index is 5.49. The van der Waals surface area contributed by atoms with Crippen LogP contribution in [0.15, 0.2) is 6.07 Å². The smallest absolute Gasteiger partial charge is 0.139 e. The molecule has 0 spiro atoms. The monoisotopic (exact) mass is 183 g/mol. The van der Waals surface area contributed by atoms with Crippen LogP contribution in [0.1, 0.15) is 19.8 Å². The Kier molecular flexibility index (Phi) is 1.72. The van der Waals surface area contributed by atoms with E-state index < -0.39 is 0 Å². The summed E-state index contributed by atoms with van der Waals surface area (Å²) < 4.78 is 3.99. The van der Waals surface area contributed by atoms with E-state index >= 15 is 0 Å². The fraction of sp³-hybridized carbons (Fsp3) is 0.625. The van der Waals surface area contributed by atoms with Gasteiger partial charge in [0.15, 0.2) is 0 Å². The van der Waals surface area contributed by atoms with Crippen molar-refractivity contribution < 1.29 is 0 Å². The molecule has 1 heterocycles. The minimum atomic E-state index is 0.540. The zero-order valence-electron chi connectivity index (χ0n) is 7.13. The molecule has 2 rings (SSSR count). The van der Waals surface area contributed by atoms with Gasteiger partial charge in [-0.15, -0.1) is 0 Å². The van der Waals surface area contributed by atoms with Gasteiger partial charge in [-0.3, -0.25) is 0 Å². The Balaban J connectivity index is 1.87. The first-order valence-electron chi connectivity index (χ1n) is 4.14. The van der Waals surface area contributed by atoms with Crippen LogP contribution in [-0.4, -0.2) is 10.9 Å². The van der Waals surface area contributed by atoms with Gasteiger partial charge in [0.1, 0.15) is 10.8 Å². The van der Waals surface area contributed by atoms with Crippen molar-refractivity contribution in [3.8, 4) is 0 Å². The molecule has 1 fully saturated rings. The molecule has 1 aromatic rings. The molecule has 3 N–H and O–H groups in total. The van der Waals surface area contributed by atoms with Crippen molar-refractivity contribution in [2.45, 2.75) is 19.8 Å². The number of hydrogen-bond donors (Lipinski definition) is 2. The lowest BCUT2D eigenvalue weighted by Crippen LogP contribution is -2.10. The zero-order valence-corrected chi connectivity index (χ0v) is 7.95. The molecule has 3 nitrogen and oxygen atoms in total. The van der Waals surface area contributed by atoms with E-state index in [4.69, 9.17) is 5.73 Å². The van der Waals surface area contributed by atoms with Gasteiger partial charge in [0.2, 0.25) is 0 Å². The normalized spacial score (nSPS) is 19.1.